The Labute approximate surface area is 107 Å². The number of nitrogens with two attached hydrogens (primary N) is 1. The van der Waals surface area contributed by atoms with Crippen LogP contribution < -0.4 is 10.5 Å². The van der Waals surface area contributed by atoms with Crippen LogP contribution in [0.1, 0.15) is 18.4 Å². The summed E-state index contributed by atoms with van der Waals surface area (Å²) in [6, 6.07) is 7.23. The summed E-state index contributed by atoms with van der Waals surface area (Å²) in [5, 5.41) is 0. The average Bonchev–Trinajstić information content (AvgIpc) is 3.23. The number of halogens is 1. The van der Waals surface area contributed by atoms with E-state index < -0.39 is 5.67 Å². The van der Waals surface area contributed by atoms with Crippen molar-refractivity contribution in [2.24, 2.45) is 11.7 Å². The zero-order chi connectivity index (χ0) is 13.0. The largest absolute Gasteiger partial charge is 0.491 e. The molecule has 0 bridgehead atoms. The molecule has 0 amide bonds. The molecule has 0 heterocycles. The Morgan fingerprint density at radius 1 is 1.33 bits per heavy atom. The minimum Gasteiger partial charge on any atom is -0.491 e. The van der Waals surface area contributed by atoms with Crippen molar-refractivity contribution >= 4 is 0 Å². The first kappa shape index (κ1) is 13.3. The fourth-order valence-electron chi connectivity index (χ4n) is 2.21. The fourth-order valence-corrected chi connectivity index (χ4v) is 2.21. The Morgan fingerprint density at radius 2 is 2.06 bits per heavy atom. The predicted molar refractivity (Wildman–Crippen MR) is 68.4 cm³/mol. The molecule has 0 radical (unpaired) electrons. The third-order valence-electron chi connectivity index (χ3n) is 3.40. The number of ether oxygens (including phenoxy) is 2. The smallest absolute Gasteiger partial charge is 0.154 e. The van der Waals surface area contributed by atoms with Crippen LogP contribution in [0.25, 0.3) is 0 Å². The molecule has 2 N–H and O–H groups in total. The molecule has 0 saturated heterocycles. The van der Waals surface area contributed by atoms with Crippen molar-refractivity contribution in [1.29, 1.82) is 0 Å². The SMILES string of the molecule is COCCOc1ccccc1C(F)(CN)C1CC1. The van der Waals surface area contributed by atoms with E-state index in [1.165, 1.54) is 0 Å². The Kier molecular flexibility index (Phi) is 4.19. The van der Waals surface area contributed by atoms with Crippen LogP contribution in [0.3, 0.4) is 0 Å². The van der Waals surface area contributed by atoms with E-state index in [1.54, 1.807) is 19.2 Å². The highest BCUT2D eigenvalue weighted by Gasteiger charge is 2.47. The zero-order valence-corrected chi connectivity index (χ0v) is 10.7. The second-order valence-corrected chi connectivity index (χ2v) is 4.68. The molecule has 4 heteroatoms. The average molecular weight is 253 g/mol. The molecule has 1 aliphatic carbocycles. The standard InChI is InChI=1S/C14H20FNO2/c1-17-8-9-18-13-5-3-2-4-12(13)14(15,10-16)11-6-7-11/h2-5,11H,6-10,16H2,1H3. The second-order valence-electron chi connectivity index (χ2n) is 4.68. The highest BCUT2D eigenvalue weighted by Crippen LogP contribution is 2.50. The van der Waals surface area contributed by atoms with Crippen LogP contribution in [0.4, 0.5) is 4.39 Å². The Balaban J connectivity index is 2.20. The first-order chi connectivity index (χ1) is 8.72. The van der Waals surface area contributed by atoms with Gasteiger partial charge in [0.05, 0.1) is 6.61 Å². The van der Waals surface area contributed by atoms with Gasteiger partial charge in [0.2, 0.25) is 0 Å². The van der Waals surface area contributed by atoms with Gasteiger partial charge in [-0.3, -0.25) is 0 Å². The molecular formula is C14H20FNO2. The Hall–Kier alpha value is -1.13. The molecule has 1 aromatic carbocycles. The first-order valence-electron chi connectivity index (χ1n) is 6.32. The molecule has 100 valence electrons. The van der Waals surface area contributed by atoms with Crippen LogP contribution in [-0.2, 0) is 10.4 Å². The van der Waals surface area contributed by atoms with Crippen molar-refractivity contribution in [3.8, 4) is 5.75 Å². The van der Waals surface area contributed by atoms with Crippen LogP contribution in [0, 0.1) is 5.92 Å². The van der Waals surface area contributed by atoms with Gasteiger partial charge in [-0.25, -0.2) is 4.39 Å². The fraction of sp³-hybridized carbons (Fsp3) is 0.571. The maximum atomic E-state index is 15.0. The summed E-state index contributed by atoms with van der Waals surface area (Å²) in [7, 11) is 1.61. The summed E-state index contributed by atoms with van der Waals surface area (Å²) in [6.45, 7) is 0.904. The molecule has 0 aliphatic heterocycles. The van der Waals surface area contributed by atoms with Crippen LogP contribution in [0.2, 0.25) is 0 Å². The number of methoxy groups -OCH3 is 1. The summed E-state index contributed by atoms with van der Waals surface area (Å²) in [5.41, 5.74) is 4.77. The summed E-state index contributed by atoms with van der Waals surface area (Å²) in [5.74, 6) is 0.615. The number of alkyl halides is 1. The van der Waals surface area contributed by atoms with Crippen LogP contribution in [0.5, 0.6) is 5.75 Å². The highest BCUT2D eigenvalue weighted by atomic mass is 19.1. The van der Waals surface area contributed by atoms with E-state index in [1.807, 2.05) is 12.1 Å². The maximum Gasteiger partial charge on any atom is 0.154 e. The normalized spacial score (nSPS) is 18.4. The van der Waals surface area contributed by atoms with Gasteiger partial charge in [0.15, 0.2) is 5.67 Å². The van der Waals surface area contributed by atoms with Gasteiger partial charge in [0, 0.05) is 19.2 Å². The van der Waals surface area contributed by atoms with Crippen molar-refractivity contribution < 1.29 is 13.9 Å². The van der Waals surface area contributed by atoms with Gasteiger partial charge in [-0.2, -0.15) is 0 Å². The van der Waals surface area contributed by atoms with E-state index in [0.717, 1.165) is 12.8 Å². The minimum absolute atomic E-state index is 0.00230. The molecule has 0 spiro atoms. The Morgan fingerprint density at radius 3 is 2.67 bits per heavy atom. The summed E-state index contributed by atoms with van der Waals surface area (Å²) in [6.07, 6.45) is 1.81. The van der Waals surface area contributed by atoms with Gasteiger partial charge in [0.25, 0.3) is 0 Å². The van der Waals surface area contributed by atoms with E-state index in [2.05, 4.69) is 0 Å². The van der Waals surface area contributed by atoms with Gasteiger partial charge < -0.3 is 15.2 Å². The van der Waals surface area contributed by atoms with Gasteiger partial charge >= 0.3 is 0 Å². The van der Waals surface area contributed by atoms with Crippen LogP contribution in [-0.4, -0.2) is 26.9 Å². The van der Waals surface area contributed by atoms with Crippen LogP contribution in [0.15, 0.2) is 24.3 Å². The molecule has 2 rings (SSSR count). The molecule has 1 saturated carbocycles. The lowest BCUT2D eigenvalue weighted by Gasteiger charge is -2.26. The molecule has 1 aromatic rings. The van der Waals surface area contributed by atoms with E-state index in [9.17, 15) is 4.39 Å². The van der Waals surface area contributed by atoms with Crippen molar-refractivity contribution in [2.45, 2.75) is 18.5 Å². The molecule has 1 unspecified atom stereocenters. The summed E-state index contributed by atoms with van der Waals surface area (Å²) < 4.78 is 25.5. The van der Waals surface area contributed by atoms with Gasteiger partial charge in [-0.1, -0.05) is 18.2 Å². The molecule has 1 aliphatic rings. The number of para-hydroxylation sites is 1. The molecule has 1 atom stereocenters. The van der Waals surface area contributed by atoms with Crippen molar-refractivity contribution in [3.05, 3.63) is 29.8 Å². The van der Waals surface area contributed by atoms with Crippen molar-refractivity contribution in [1.82, 2.24) is 0 Å². The predicted octanol–water partition coefficient (Wildman–Crippen LogP) is 2.25. The van der Waals surface area contributed by atoms with Crippen LogP contribution >= 0.6 is 0 Å². The van der Waals surface area contributed by atoms with Crippen molar-refractivity contribution in [2.75, 3.05) is 26.9 Å². The lowest BCUT2D eigenvalue weighted by atomic mass is 9.90. The monoisotopic (exact) mass is 253 g/mol. The van der Waals surface area contributed by atoms with E-state index >= 15 is 0 Å². The molecule has 3 nitrogen and oxygen atoms in total. The quantitative estimate of drug-likeness (QED) is 0.758. The topological polar surface area (TPSA) is 44.5 Å². The number of benzene rings is 1. The highest BCUT2D eigenvalue weighted by molar-refractivity contribution is 5.39. The van der Waals surface area contributed by atoms with E-state index in [0.29, 0.717) is 24.5 Å². The third kappa shape index (κ3) is 2.65. The second kappa shape index (κ2) is 5.67. The minimum atomic E-state index is -1.45. The lowest BCUT2D eigenvalue weighted by Crippen LogP contribution is -2.33. The maximum absolute atomic E-state index is 15.0. The first-order valence-corrected chi connectivity index (χ1v) is 6.32. The molecular weight excluding hydrogens is 233 g/mol. The van der Waals surface area contributed by atoms with Gasteiger partial charge in [-0.05, 0) is 24.8 Å². The molecule has 0 aromatic heterocycles. The summed E-state index contributed by atoms with van der Waals surface area (Å²) in [4.78, 5) is 0. The number of hydrogen-bond acceptors (Lipinski definition) is 3. The zero-order valence-electron chi connectivity index (χ0n) is 10.7. The van der Waals surface area contributed by atoms with Gasteiger partial charge in [-0.15, -0.1) is 0 Å². The lowest BCUT2D eigenvalue weighted by molar-refractivity contribution is 0.123. The molecule has 1 fully saturated rings. The van der Waals surface area contributed by atoms with Gasteiger partial charge in [0.1, 0.15) is 12.4 Å². The van der Waals surface area contributed by atoms with Crippen molar-refractivity contribution in [3.63, 3.8) is 0 Å². The number of rotatable bonds is 7. The van der Waals surface area contributed by atoms with E-state index in [-0.39, 0.29) is 12.5 Å². The molecule has 18 heavy (non-hydrogen) atoms. The third-order valence-corrected chi connectivity index (χ3v) is 3.40. The summed E-state index contributed by atoms with van der Waals surface area (Å²) >= 11 is 0. The number of hydrogen-bond donors (Lipinski definition) is 1. The van der Waals surface area contributed by atoms with E-state index in [4.69, 9.17) is 15.2 Å². The Bertz CT molecular complexity index is 395.